The Kier molecular flexibility index (Phi) is 3.72. The number of amides is 1. The van der Waals surface area contributed by atoms with Gasteiger partial charge in [-0.05, 0) is 24.7 Å². The van der Waals surface area contributed by atoms with Crippen LogP contribution in [0.25, 0.3) is 0 Å². The average Bonchev–Trinajstić information content (AvgIpc) is 2.84. The number of carbonyl (C=O) groups is 1. The molecule has 0 aromatic carbocycles. The molecular weight excluding hydrogens is 166 g/mol. The van der Waals surface area contributed by atoms with Crippen LogP contribution in [0.1, 0.15) is 33.6 Å². The van der Waals surface area contributed by atoms with Crippen molar-refractivity contribution in [2.24, 2.45) is 17.8 Å². The second-order valence-corrected chi connectivity index (χ2v) is 4.30. The monoisotopic (exact) mass is 185 g/mol. The fourth-order valence-corrected chi connectivity index (χ4v) is 1.18. The normalized spacial score (nSPS) is 18.8. The molecule has 1 rings (SSSR count). The van der Waals surface area contributed by atoms with Gasteiger partial charge in [0.1, 0.15) is 0 Å². The van der Waals surface area contributed by atoms with E-state index in [1.807, 2.05) is 6.92 Å². The Morgan fingerprint density at radius 2 is 2.08 bits per heavy atom. The van der Waals surface area contributed by atoms with E-state index in [1.165, 1.54) is 12.8 Å². The molecule has 1 amide bonds. The largest absolute Gasteiger partial charge is 0.273 e. The third kappa shape index (κ3) is 3.77. The minimum atomic E-state index is 0.0307. The van der Waals surface area contributed by atoms with Crippen molar-refractivity contribution in [2.75, 3.05) is 6.61 Å². The quantitative estimate of drug-likeness (QED) is 0.662. The van der Waals surface area contributed by atoms with Crippen LogP contribution < -0.4 is 5.48 Å². The summed E-state index contributed by atoms with van der Waals surface area (Å²) in [7, 11) is 0. The number of hydroxylamine groups is 1. The van der Waals surface area contributed by atoms with Crippen LogP contribution in [0.5, 0.6) is 0 Å². The van der Waals surface area contributed by atoms with Gasteiger partial charge >= 0.3 is 0 Å². The molecule has 0 saturated heterocycles. The fourth-order valence-electron chi connectivity index (χ4n) is 1.18. The molecule has 3 heteroatoms. The van der Waals surface area contributed by atoms with Crippen molar-refractivity contribution in [1.29, 1.82) is 0 Å². The van der Waals surface area contributed by atoms with Gasteiger partial charge in [0.05, 0.1) is 6.61 Å². The van der Waals surface area contributed by atoms with Gasteiger partial charge in [0.25, 0.3) is 0 Å². The number of hydrogen-bond acceptors (Lipinski definition) is 2. The summed E-state index contributed by atoms with van der Waals surface area (Å²) in [5.74, 6) is 1.20. The van der Waals surface area contributed by atoms with Gasteiger partial charge in [-0.2, -0.15) is 0 Å². The number of rotatable bonds is 5. The summed E-state index contributed by atoms with van der Waals surface area (Å²) < 4.78 is 0. The SMILES string of the molecule is CC(C)CONC(=O)C(C)C1CC1. The van der Waals surface area contributed by atoms with Crippen molar-refractivity contribution in [1.82, 2.24) is 5.48 Å². The summed E-state index contributed by atoms with van der Waals surface area (Å²) in [5, 5.41) is 0. The maximum Gasteiger partial charge on any atom is 0.246 e. The lowest BCUT2D eigenvalue weighted by atomic mass is 10.1. The van der Waals surface area contributed by atoms with Crippen LogP contribution in [-0.2, 0) is 9.63 Å². The summed E-state index contributed by atoms with van der Waals surface area (Å²) in [6.07, 6.45) is 2.39. The van der Waals surface area contributed by atoms with E-state index in [0.29, 0.717) is 18.4 Å². The lowest BCUT2D eigenvalue weighted by molar-refractivity contribution is -0.138. The molecular formula is C10H19NO2. The first-order valence-electron chi connectivity index (χ1n) is 5.03. The molecule has 0 heterocycles. The van der Waals surface area contributed by atoms with E-state index in [2.05, 4.69) is 19.3 Å². The van der Waals surface area contributed by atoms with Crippen LogP contribution in [0.15, 0.2) is 0 Å². The van der Waals surface area contributed by atoms with Gasteiger partial charge in [-0.3, -0.25) is 9.63 Å². The molecule has 13 heavy (non-hydrogen) atoms. The summed E-state index contributed by atoms with van der Waals surface area (Å²) in [6, 6.07) is 0. The van der Waals surface area contributed by atoms with E-state index in [1.54, 1.807) is 0 Å². The molecule has 0 aliphatic heterocycles. The Hall–Kier alpha value is -0.570. The van der Waals surface area contributed by atoms with Gasteiger partial charge in [0.2, 0.25) is 5.91 Å². The van der Waals surface area contributed by atoms with Crippen LogP contribution >= 0.6 is 0 Å². The Bertz CT molecular complexity index is 176. The molecule has 1 unspecified atom stereocenters. The minimum Gasteiger partial charge on any atom is -0.273 e. The lowest BCUT2D eigenvalue weighted by Crippen LogP contribution is -2.31. The highest BCUT2D eigenvalue weighted by Gasteiger charge is 2.32. The summed E-state index contributed by atoms with van der Waals surface area (Å²) in [6.45, 7) is 6.65. The maximum atomic E-state index is 11.4. The Labute approximate surface area is 79.8 Å². The van der Waals surface area contributed by atoms with Crippen LogP contribution in [0, 0.1) is 17.8 Å². The first-order valence-corrected chi connectivity index (χ1v) is 5.03. The molecule has 76 valence electrons. The predicted octanol–water partition coefficient (Wildman–Crippen LogP) is 1.74. The number of nitrogens with one attached hydrogen (secondary N) is 1. The first-order chi connectivity index (χ1) is 6.11. The van der Waals surface area contributed by atoms with Crippen LogP contribution in [-0.4, -0.2) is 12.5 Å². The molecule has 1 aliphatic rings. The smallest absolute Gasteiger partial charge is 0.246 e. The second kappa shape index (κ2) is 4.61. The summed E-state index contributed by atoms with van der Waals surface area (Å²) in [4.78, 5) is 16.4. The van der Waals surface area contributed by atoms with Crippen molar-refractivity contribution < 1.29 is 9.63 Å². The summed E-state index contributed by atoms with van der Waals surface area (Å²) >= 11 is 0. The van der Waals surface area contributed by atoms with Gasteiger partial charge in [-0.15, -0.1) is 0 Å². The van der Waals surface area contributed by atoms with E-state index in [9.17, 15) is 4.79 Å². The predicted molar refractivity (Wildman–Crippen MR) is 50.8 cm³/mol. The Morgan fingerprint density at radius 3 is 2.54 bits per heavy atom. The van der Waals surface area contributed by atoms with Gasteiger partial charge in [0.15, 0.2) is 0 Å². The van der Waals surface area contributed by atoms with Crippen molar-refractivity contribution in [3.63, 3.8) is 0 Å². The summed E-state index contributed by atoms with van der Waals surface area (Å²) in [5.41, 5.74) is 2.50. The molecule has 1 atom stereocenters. The number of carbonyl (C=O) groups excluding carboxylic acids is 1. The standard InChI is InChI=1S/C10H19NO2/c1-7(2)6-13-11-10(12)8(3)9-4-5-9/h7-9H,4-6H2,1-3H3,(H,11,12). The molecule has 1 fully saturated rings. The van der Waals surface area contributed by atoms with Crippen LogP contribution in [0.4, 0.5) is 0 Å². The first kappa shape index (κ1) is 10.5. The van der Waals surface area contributed by atoms with E-state index in [-0.39, 0.29) is 11.8 Å². The minimum absolute atomic E-state index is 0.0307. The van der Waals surface area contributed by atoms with Crippen molar-refractivity contribution >= 4 is 5.91 Å². The topological polar surface area (TPSA) is 38.3 Å². The van der Waals surface area contributed by atoms with E-state index in [0.717, 1.165) is 0 Å². The van der Waals surface area contributed by atoms with Crippen molar-refractivity contribution in [2.45, 2.75) is 33.6 Å². The zero-order valence-electron chi connectivity index (χ0n) is 8.67. The van der Waals surface area contributed by atoms with E-state index >= 15 is 0 Å². The van der Waals surface area contributed by atoms with Crippen molar-refractivity contribution in [3.05, 3.63) is 0 Å². The van der Waals surface area contributed by atoms with Crippen molar-refractivity contribution in [3.8, 4) is 0 Å². The molecule has 1 N–H and O–H groups in total. The third-order valence-corrected chi connectivity index (χ3v) is 2.33. The average molecular weight is 185 g/mol. The molecule has 3 nitrogen and oxygen atoms in total. The highest BCUT2D eigenvalue weighted by Crippen LogP contribution is 2.36. The van der Waals surface area contributed by atoms with Gasteiger partial charge in [-0.1, -0.05) is 20.8 Å². The highest BCUT2D eigenvalue weighted by molar-refractivity contribution is 5.77. The Balaban J connectivity index is 2.09. The lowest BCUT2D eigenvalue weighted by Gasteiger charge is -2.11. The molecule has 1 aliphatic carbocycles. The maximum absolute atomic E-state index is 11.4. The van der Waals surface area contributed by atoms with Gasteiger partial charge in [-0.25, -0.2) is 5.48 Å². The fraction of sp³-hybridized carbons (Fsp3) is 0.900. The molecule has 0 aromatic heterocycles. The highest BCUT2D eigenvalue weighted by atomic mass is 16.6. The molecule has 1 saturated carbocycles. The molecule has 0 aromatic rings. The third-order valence-electron chi connectivity index (χ3n) is 2.33. The number of hydrogen-bond donors (Lipinski definition) is 1. The Morgan fingerprint density at radius 1 is 1.46 bits per heavy atom. The van der Waals surface area contributed by atoms with Gasteiger partial charge < -0.3 is 0 Å². The molecule has 0 radical (unpaired) electrons. The zero-order valence-corrected chi connectivity index (χ0v) is 8.67. The van der Waals surface area contributed by atoms with E-state index < -0.39 is 0 Å². The van der Waals surface area contributed by atoms with Gasteiger partial charge in [0, 0.05) is 5.92 Å². The zero-order chi connectivity index (χ0) is 9.84. The van der Waals surface area contributed by atoms with E-state index in [4.69, 9.17) is 4.84 Å². The molecule has 0 bridgehead atoms. The second-order valence-electron chi connectivity index (χ2n) is 4.30. The molecule has 0 spiro atoms. The van der Waals surface area contributed by atoms with Crippen LogP contribution in [0.3, 0.4) is 0 Å². The van der Waals surface area contributed by atoms with Crippen LogP contribution in [0.2, 0.25) is 0 Å².